The third-order valence-electron chi connectivity index (χ3n) is 5.67. The van der Waals surface area contributed by atoms with Gasteiger partial charge in [0.05, 0.1) is 14.2 Å². The number of amides is 1. The second kappa shape index (κ2) is 10.9. The minimum Gasteiger partial charge on any atom is -0.508 e. The van der Waals surface area contributed by atoms with Crippen LogP contribution in [0.3, 0.4) is 0 Å². The first-order chi connectivity index (χ1) is 14.6. The maximum absolute atomic E-state index is 12.4. The van der Waals surface area contributed by atoms with E-state index in [1.165, 1.54) is 0 Å². The van der Waals surface area contributed by atoms with E-state index in [2.05, 4.69) is 10.2 Å². The van der Waals surface area contributed by atoms with Crippen molar-refractivity contribution in [1.82, 2.24) is 10.2 Å². The number of hydrogen-bond acceptors (Lipinski definition) is 5. The van der Waals surface area contributed by atoms with Crippen LogP contribution in [0.1, 0.15) is 36.8 Å². The molecule has 0 radical (unpaired) electrons. The van der Waals surface area contributed by atoms with Crippen LogP contribution in [-0.2, 0) is 17.9 Å². The Balaban J connectivity index is 1.43. The lowest BCUT2D eigenvalue weighted by Gasteiger charge is -2.32. The highest BCUT2D eigenvalue weighted by atomic mass is 16.5. The molecule has 1 aliphatic heterocycles. The Morgan fingerprint density at radius 3 is 2.83 bits per heavy atom. The van der Waals surface area contributed by atoms with E-state index < -0.39 is 0 Å². The first-order valence-electron chi connectivity index (χ1n) is 10.5. The van der Waals surface area contributed by atoms with E-state index in [0.717, 1.165) is 55.8 Å². The third kappa shape index (κ3) is 6.39. The van der Waals surface area contributed by atoms with Crippen LogP contribution in [0, 0.1) is 5.92 Å². The minimum atomic E-state index is 0.0676. The molecule has 0 spiro atoms. The fourth-order valence-corrected chi connectivity index (χ4v) is 4.06. The molecular weight excluding hydrogens is 380 g/mol. The second-order valence-electron chi connectivity index (χ2n) is 7.91. The minimum absolute atomic E-state index is 0.0676. The number of benzene rings is 2. The van der Waals surface area contributed by atoms with Crippen LogP contribution in [0.15, 0.2) is 42.5 Å². The molecule has 6 heteroatoms. The summed E-state index contributed by atoms with van der Waals surface area (Å²) in [7, 11) is 3.23. The van der Waals surface area contributed by atoms with Gasteiger partial charge in [-0.1, -0.05) is 12.1 Å². The quantitative estimate of drug-likeness (QED) is 0.657. The van der Waals surface area contributed by atoms with Gasteiger partial charge < -0.3 is 19.9 Å². The summed E-state index contributed by atoms with van der Waals surface area (Å²) in [5, 5.41) is 12.7. The molecule has 0 bridgehead atoms. The monoisotopic (exact) mass is 412 g/mol. The van der Waals surface area contributed by atoms with Gasteiger partial charge >= 0.3 is 0 Å². The third-order valence-corrected chi connectivity index (χ3v) is 5.67. The number of piperidine rings is 1. The van der Waals surface area contributed by atoms with E-state index in [1.54, 1.807) is 20.3 Å². The molecule has 2 aromatic carbocycles. The van der Waals surface area contributed by atoms with Crippen molar-refractivity contribution in [3.8, 4) is 17.2 Å². The van der Waals surface area contributed by atoms with Crippen molar-refractivity contribution >= 4 is 5.91 Å². The molecule has 30 heavy (non-hydrogen) atoms. The van der Waals surface area contributed by atoms with Gasteiger partial charge in [0.1, 0.15) is 17.2 Å². The van der Waals surface area contributed by atoms with Gasteiger partial charge in [0.25, 0.3) is 0 Å². The Kier molecular flexibility index (Phi) is 7.97. The van der Waals surface area contributed by atoms with Crippen molar-refractivity contribution in [1.29, 1.82) is 0 Å². The largest absolute Gasteiger partial charge is 0.508 e. The van der Waals surface area contributed by atoms with Crippen molar-refractivity contribution in [3.05, 3.63) is 53.6 Å². The average Bonchev–Trinajstić information content (AvgIpc) is 2.76. The van der Waals surface area contributed by atoms with Crippen molar-refractivity contribution in [2.75, 3.05) is 27.3 Å². The van der Waals surface area contributed by atoms with Crippen LogP contribution in [0.5, 0.6) is 17.2 Å². The number of nitrogens with one attached hydrogen (secondary N) is 1. The zero-order valence-electron chi connectivity index (χ0n) is 17.9. The normalized spacial score (nSPS) is 16.8. The van der Waals surface area contributed by atoms with Crippen LogP contribution in [0.25, 0.3) is 0 Å². The molecule has 0 unspecified atom stereocenters. The number of carbonyl (C=O) groups is 1. The van der Waals surface area contributed by atoms with E-state index >= 15 is 0 Å². The second-order valence-corrected chi connectivity index (χ2v) is 7.91. The number of phenolic OH excluding ortho intramolecular Hbond substituents is 1. The Morgan fingerprint density at radius 2 is 2.07 bits per heavy atom. The zero-order chi connectivity index (χ0) is 21.3. The number of ether oxygens (including phenoxy) is 2. The molecule has 1 aliphatic rings. The number of hydrogen-bond donors (Lipinski definition) is 2. The molecule has 1 amide bonds. The molecule has 1 fully saturated rings. The summed E-state index contributed by atoms with van der Waals surface area (Å²) < 4.78 is 10.6. The van der Waals surface area contributed by atoms with E-state index in [0.29, 0.717) is 30.4 Å². The molecule has 2 aromatic rings. The smallest absolute Gasteiger partial charge is 0.220 e. The van der Waals surface area contributed by atoms with Crippen molar-refractivity contribution in [3.63, 3.8) is 0 Å². The van der Waals surface area contributed by atoms with E-state index in [1.807, 2.05) is 36.4 Å². The summed E-state index contributed by atoms with van der Waals surface area (Å²) in [6.07, 6.45) is 3.73. The fourth-order valence-electron chi connectivity index (χ4n) is 4.06. The molecular formula is C24H32N2O4. The van der Waals surface area contributed by atoms with Gasteiger partial charge in [0.2, 0.25) is 5.91 Å². The standard InChI is InChI=1S/C24H32N2O4/c1-29-22-10-9-20(23(14-22)30-2)15-25-24(28)11-8-18-6-4-12-26(16-18)17-19-5-3-7-21(27)13-19/h3,5,7,9-10,13-14,18,27H,4,6,8,11-12,15-17H2,1-2H3,(H,25,28)/t18-/m0/s1. The van der Waals surface area contributed by atoms with E-state index in [-0.39, 0.29) is 5.91 Å². The summed E-state index contributed by atoms with van der Waals surface area (Å²) in [5.74, 6) is 2.35. The molecule has 6 nitrogen and oxygen atoms in total. The summed E-state index contributed by atoms with van der Waals surface area (Å²) in [5.41, 5.74) is 2.06. The summed E-state index contributed by atoms with van der Waals surface area (Å²) in [4.78, 5) is 14.8. The van der Waals surface area contributed by atoms with Gasteiger partial charge in [-0.25, -0.2) is 0 Å². The Bertz CT molecular complexity index is 840. The molecule has 162 valence electrons. The Morgan fingerprint density at radius 1 is 1.20 bits per heavy atom. The molecule has 0 saturated carbocycles. The van der Waals surface area contributed by atoms with E-state index in [9.17, 15) is 9.90 Å². The van der Waals surface area contributed by atoms with Gasteiger partial charge in [-0.3, -0.25) is 9.69 Å². The maximum atomic E-state index is 12.4. The maximum Gasteiger partial charge on any atom is 0.220 e. The van der Waals surface area contributed by atoms with Crippen LogP contribution in [0.4, 0.5) is 0 Å². The highest BCUT2D eigenvalue weighted by Crippen LogP contribution is 2.25. The SMILES string of the molecule is COc1ccc(CNC(=O)CC[C@@H]2CCCN(Cc3cccc(O)c3)C2)c(OC)c1. The van der Waals surface area contributed by atoms with Gasteiger partial charge in [0, 0.05) is 37.7 Å². The average molecular weight is 413 g/mol. The van der Waals surface area contributed by atoms with Gasteiger partial charge in [-0.15, -0.1) is 0 Å². The summed E-state index contributed by atoms with van der Waals surface area (Å²) in [6.45, 7) is 3.35. The van der Waals surface area contributed by atoms with Crippen molar-refractivity contribution in [2.45, 2.75) is 38.8 Å². The number of phenols is 1. The van der Waals surface area contributed by atoms with Crippen molar-refractivity contribution in [2.24, 2.45) is 5.92 Å². The fraction of sp³-hybridized carbons (Fsp3) is 0.458. The van der Waals surface area contributed by atoms with Gasteiger partial charge in [-0.2, -0.15) is 0 Å². The van der Waals surface area contributed by atoms with E-state index in [4.69, 9.17) is 9.47 Å². The Labute approximate surface area is 178 Å². The lowest BCUT2D eigenvalue weighted by atomic mass is 9.93. The predicted octanol–water partition coefficient (Wildman–Crippen LogP) is 3.72. The van der Waals surface area contributed by atoms with Gasteiger partial charge in [0.15, 0.2) is 0 Å². The molecule has 1 atom stereocenters. The number of aromatic hydroxyl groups is 1. The summed E-state index contributed by atoms with van der Waals surface area (Å²) >= 11 is 0. The molecule has 1 heterocycles. The lowest BCUT2D eigenvalue weighted by Crippen LogP contribution is -2.35. The lowest BCUT2D eigenvalue weighted by molar-refractivity contribution is -0.121. The van der Waals surface area contributed by atoms with Crippen LogP contribution >= 0.6 is 0 Å². The number of nitrogens with zero attached hydrogens (tertiary/aromatic N) is 1. The van der Waals surface area contributed by atoms with Gasteiger partial charge in [-0.05, 0) is 61.6 Å². The Hall–Kier alpha value is -2.73. The molecule has 3 rings (SSSR count). The molecule has 0 aromatic heterocycles. The number of methoxy groups -OCH3 is 2. The first kappa shape index (κ1) is 22.0. The highest BCUT2D eigenvalue weighted by Gasteiger charge is 2.21. The number of likely N-dealkylation sites (tertiary alicyclic amines) is 1. The molecule has 1 saturated heterocycles. The number of carbonyl (C=O) groups excluding carboxylic acids is 1. The van der Waals surface area contributed by atoms with Crippen molar-refractivity contribution < 1.29 is 19.4 Å². The van der Waals surface area contributed by atoms with Crippen LogP contribution in [0.2, 0.25) is 0 Å². The highest BCUT2D eigenvalue weighted by molar-refractivity contribution is 5.75. The molecule has 2 N–H and O–H groups in total. The topological polar surface area (TPSA) is 71.0 Å². The number of rotatable bonds is 9. The molecule has 0 aliphatic carbocycles. The zero-order valence-corrected chi connectivity index (χ0v) is 17.9. The summed E-state index contributed by atoms with van der Waals surface area (Å²) in [6, 6.07) is 13.1. The predicted molar refractivity (Wildman–Crippen MR) is 117 cm³/mol. The van der Waals surface area contributed by atoms with Crippen LogP contribution < -0.4 is 14.8 Å². The first-order valence-corrected chi connectivity index (χ1v) is 10.5. The van der Waals surface area contributed by atoms with Crippen LogP contribution in [-0.4, -0.2) is 43.2 Å².